The van der Waals surface area contributed by atoms with Crippen molar-refractivity contribution in [2.24, 2.45) is 5.16 Å². The number of nitrogens with zero attached hydrogens (tertiary/aromatic N) is 2. The summed E-state index contributed by atoms with van der Waals surface area (Å²) in [6.45, 7) is 0.291. The summed E-state index contributed by atoms with van der Waals surface area (Å²) in [6, 6.07) is 0. The molecule has 0 unspecified atom stereocenters. The number of H-pyrrole nitrogens is 1. The molecule has 0 fully saturated rings. The first-order valence-electron chi connectivity index (χ1n) is 6.05. The monoisotopic (exact) mass is 345 g/mol. The van der Waals surface area contributed by atoms with Crippen LogP contribution in [0, 0.1) is 0 Å². The molecule has 124 valence electrons. The number of hydrogen-bond donors (Lipinski definition) is 1. The van der Waals surface area contributed by atoms with Gasteiger partial charge in [-0.15, -0.1) is 11.8 Å². The van der Waals surface area contributed by atoms with Gasteiger partial charge in [-0.3, -0.25) is 0 Å². The van der Waals surface area contributed by atoms with Crippen LogP contribution in [0.15, 0.2) is 5.16 Å². The van der Waals surface area contributed by atoms with E-state index in [1.165, 1.54) is 0 Å². The Bertz CT molecular complexity index is 571. The number of aromatic nitrogens is 2. The van der Waals surface area contributed by atoms with Crippen LogP contribution >= 0.6 is 11.8 Å². The van der Waals surface area contributed by atoms with Gasteiger partial charge in [-0.2, -0.15) is 27.1 Å². The highest BCUT2D eigenvalue weighted by Crippen LogP contribution is 2.38. The van der Waals surface area contributed by atoms with Crippen molar-refractivity contribution >= 4 is 16.8 Å². The molecule has 0 spiro atoms. The predicted molar refractivity (Wildman–Crippen MR) is 68.7 cm³/mol. The Labute approximate surface area is 126 Å². The normalized spacial score (nSPS) is 17.5. The molecule has 2 heterocycles. The predicted octanol–water partition coefficient (Wildman–Crippen LogP) is 3.78. The van der Waals surface area contributed by atoms with Crippen molar-refractivity contribution in [3.63, 3.8) is 0 Å². The number of ether oxygens (including phenoxy) is 1. The molecule has 0 aromatic carbocycles. The van der Waals surface area contributed by atoms with Crippen molar-refractivity contribution in [1.82, 2.24) is 10.2 Å². The van der Waals surface area contributed by atoms with E-state index in [1.54, 1.807) is 13.8 Å². The molecule has 22 heavy (non-hydrogen) atoms. The third-order valence-electron chi connectivity index (χ3n) is 2.66. The van der Waals surface area contributed by atoms with Crippen molar-refractivity contribution in [2.75, 3.05) is 0 Å². The summed E-state index contributed by atoms with van der Waals surface area (Å²) in [5.41, 5.74) is -2.30. The maximum absolute atomic E-state index is 12.8. The van der Waals surface area contributed by atoms with E-state index in [1.807, 2.05) is 5.10 Å². The van der Waals surface area contributed by atoms with E-state index >= 15 is 0 Å². The van der Waals surface area contributed by atoms with Crippen LogP contribution in [-0.4, -0.2) is 27.5 Å². The number of halogens is 5. The molecule has 0 atom stereocenters. The fourth-order valence-electron chi connectivity index (χ4n) is 1.74. The summed E-state index contributed by atoms with van der Waals surface area (Å²) in [6.07, 6.45) is -4.36. The topological polar surface area (TPSA) is 59.5 Å². The molecule has 0 saturated heterocycles. The molecule has 0 aliphatic carbocycles. The zero-order valence-corrected chi connectivity index (χ0v) is 12.3. The molecule has 1 N–H and O–H groups in total. The number of hydrogen-bond acceptors (Lipinski definition) is 5. The summed E-state index contributed by atoms with van der Waals surface area (Å²) in [5, 5.41) is 9.09. The standard InChI is InChI=1S/C11H12F5N3O2S/c1-10(2)3-6(19-21-10)22-4-5-7(11(14,15)16)17-18-8(5)20-9(12)13/h9H,3-4H2,1-2H3,(H,17,18). The Morgan fingerprint density at radius 1 is 1.41 bits per heavy atom. The van der Waals surface area contributed by atoms with Gasteiger partial charge in [-0.25, -0.2) is 5.10 Å². The molecule has 1 aliphatic rings. The molecule has 0 amide bonds. The van der Waals surface area contributed by atoms with Gasteiger partial charge in [0.2, 0.25) is 5.88 Å². The smallest absolute Gasteiger partial charge is 0.417 e. The van der Waals surface area contributed by atoms with Crippen LogP contribution in [0.1, 0.15) is 31.5 Å². The average Bonchev–Trinajstić information content (AvgIpc) is 2.89. The maximum atomic E-state index is 12.8. The van der Waals surface area contributed by atoms with Gasteiger partial charge in [-0.1, -0.05) is 5.16 Å². The molecular formula is C11H12F5N3O2S. The lowest BCUT2D eigenvalue weighted by molar-refractivity contribution is -0.141. The van der Waals surface area contributed by atoms with Crippen molar-refractivity contribution in [3.8, 4) is 5.88 Å². The summed E-state index contributed by atoms with van der Waals surface area (Å²) in [4.78, 5) is 5.09. The minimum atomic E-state index is -4.77. The highest BCUT2D eigenvalue weighted by molar-refractivity contribution is 8.13. The minimum Gasteiger partial charge on any atom is -0.417 e. The molecule has 11 heteroatoms. The molecule has 1 aliphatic heterocycles. The molecule has 5 nitrogen and oxygen atoms in total. The van der Waals surface area contributed by atoms with Crippen molar-refractivity contribution in [2.45, 2.75) is 44.4 Å². The molecule has 2 rings (SSSR count). The Balaban J connectivity index is 2.15. The van der Waals surface area contributed by atoms with Crippen molar-refractivity contribution < 1.29 is 31.5 Å². The Kier molecular flexibility index (Phi) is 4.54. The van der Waals surface area contributed by atoms with Gasteiger partial charge in [0.25, 0.3) is 0 Å². The lowest BCUT2D eigenvalue weighted by Crippen LogP contribution is -2.18. The molecule has 0 bridgehead atoms. The summed E-state index contributed by atoms with van der Waals surface area (Å²) in [7, 11) is 0. The fourth-order valence-corrected chi connectivity index (χ4v) is 2.86. The number of alkyl halides is 5. The second-order valence-electron chi connectivity index (χ2n) is 5.06. The molecular weight excluding hydrogens is 333 g/mol. The third kappa shape index (κ3) is 4.02. The fraction of sp³-hybridized carbons (Fsp3) is 0.636. The van der Waals surface area contributed by atoms with E-state index < -0.39 is 35.5 Å². The van der Waals surface area contributed by atoms with E-state index in [0.29, 0.717) is 11.5 Å². The van der Waals surface area contributed by atoms with Crippen molar-refractivity contribution in [1.29, 1.82) is 0 Å². The maximum Gasteiger partial charge on any atom is 0.435 e. The second kappa shape index (κ2) is 5.94. The average molecular weight is 345 g/mol. The van der Waals surface area contributed by atoms with Gasteiger partial charge in [-0.05, 0) is 13.8 Å². The first-order chi connectivity index (χ1) is 10.1. The van der Waals surface area contributed by atoms with Crippen LogP contribution < -0.4 is 4.74 Å². The van der Waals surface area contributed by atoms with Crippen LogP contribution in [0.2, 0.25) is 0 Å². The van der Waals surface area contributed by atoms with Gasteiger partial charge in [0.05, 0.1) is 5.56 Å². The molecule has 1 aromatic heterocycles. The Morgan fingerprint density at radius 2 is 2.09 bits per heavy atom. The van der Waals surface area contributed by atoms with E-state index in [0.717, 1.165) is 11.8 Å². The molecule has 0 radical (unpaired) electrons. The highest BCUT2D eigenvalue weighted by atomic mass is 32.2. The van der Waals surface area contributed by atoms with E-state index in [-0.39, 0.29) is 5.75 Å². The number of aromatic amines is 1. The van der Waals surface area contributed by atoms with Gasteiger partial charge < -0.3 is 9.57 Å². The quantitative estimate of drug-likeness (QED) is 0.844. The third-order valence-corrected chi connectivity index (χ3v) is 3.64. The summed E-state index contributed by atoms with van der Waals surface area (Å²) >= 11 is 0.956. The largest absolute Gasteiger partial charge is 0.435 e. The number of rotatable bonds is 4. The highest BCUT2D eigenvalue weighted by Gasteiger charge is 2.39. The number of oxime groups is 1. The Hall–Kier alpha value is -1.52. The lowest BCUT2D eigenvalue weighted by atomic mass is 10.1. The minimum absolute atomic E-state index is 0.272. The number of thioether (sulfide) groups is 1. The van der Waals surface area contributed by atoms with Crippen molar-refractivity contribution in [3.05, 3.63) is 11.3 Å². The SMILES string of the molecule is CC1(C)CC(SCc2c(C(F)(F)F)n[nH]c2OC(F)F)=NO1. The first kappa shape index (κ1) is 16.8. The van der Waals surface area contributed by atoms with Crippen LogP contribution in [0.3, 0.4) is 0 Å². The van der Waals surface area contributed by atoms with Crippen LogP contribution in [-0.2, 0) is 16.8 Å². The van der Waals surface area contributed by atoms with E-state index in [9.17, 15) is 22.0 Å². The van der Waals surface area contributed by atoms with Gasteiger partial charge in [0.1, 0.15) is 10.6 Å². The zero-order chi connectivity index (χ0) is 16.5. The van der Waals surface area contributed by atoms with Crippen LogP contribution in [0.5, 0.6) is 5.88 Å². The summed E-state index contributed by atoms with van der Waals surface area (Å²) < 4.78 is 67.0. The summed E-state index contributed by atoms with van der Waals surface area (Å²) in [5.74, 6) is -0.973. The van der Waals surface area contributed by atoms with Gasteiger partial charge in [0, 0.05) is 12.2 Å². The second-order valence-corrected chi connectivity index (χ2v) is 6.11. The van der Waals surface area contributed by atoms with Crippen LogP contribution in [0.4, 0.5) is 22.0 Å². The number of nitrogens with one attached hydrogen (secondary N) is 1. The Morgan fingerprint density at radius 3 is 2.59 bits per heavy atom. The molecule has 0 saturated carbocycles. The van der Waals surface area contributed by atoms with E-state index in [4.69, 9.17) is 4.84 Å². The van der Waals surface area contributed by atoms with Crippen LogP contribution in [0.25, 0.3) is 0 Å². The lowest BCUT2D eigenvalue weighted by Gasteiger charge is -2.13. The van der Waals surface area contributed by atoms with Gasteiger partial charge >= 0.3 is 12.8 Å². The zero-order valence-electron chi connectivity index (χ0n) is 11.5. The van der Waals surface area contributed by atoms with E-state index in [2.05, 4.69) is 15.0 Å². The first-order valence-corrected chi connectivity index (χ1v) is 7.04. The van der Waals surface area contributed by atoms with Gasteiger partial charge in [0.15, 0.2) is 5.69 Å². The molecule has 1 aromatic rings.